The number of hydrogen-bond donors (Lipinski definition) is 0. The highest BCUT2D eigenvalue weighted by molar-refractivity contribution is 7.19. The van der Waals surface area contributed by atoms with Crippen LogP contribution in [0, 0.1) is 0 Å². The molecule has 0 bridgehead atoms. The molecule has 0 aliphatic carbocycles. The minimum atomic E-state index is 0.286. The third-order valence-electron chi connectivity index (χ3n) is 5.97. The topological polar surface area (TPSA) is 18.5 Å². The molecule has 0 radical (unpaired) electrons. The smallest absolute Gasteiger partial charge is 0.146 e. The summed E-state index contributed by atoms with van der Waals surface area (Å²) in [4.78, 5) is 0. The van der Waals surface area contributed by atoms with E-state index < -0.39 is 0 Å². The van der Waals surface area contributed by atoms with E-state index in [4.69, 9.17) is 9.47 Å². The van der Waals surface area contributed by atoms with E-state index in [1.165, 1.54) is 58.7 Å². The van der Waals surface area contributed by atoms with Gasteiger partial charge in [0, 0.05) is 10.8 Å². The van der Waals surface area contributed by atoms with Gasteiger partial charge in [0.15, 0.2) is 0 Å². The first-order chi connectivity index (χ1) is 14.7. The Morgan fingerprint density at radius 2 is 1.10 bits per heavy atom. The lowest BCUT2D eigenvalue weighted by atomic mass is 10.1. The summed E-state index contributed by atoms with van der Waals surface area (Å²) in [7, 11) is 0. The minimum absolute atomic E-state index is 0.286. The summed E-state index contributed by atoms with van der Waals surface area (Å²) in [5, 5.41) is 6.82. The van der Waals surface area contributed by atoms with Crippen LogP contribution in [0.4, 0.5) is 0 Å². The van der Waals surface area contributed by atoms with Crippen LogP contribution in [0.2, 0.25) is 0 Å². The Bertz CT molecular complexity index is 774. The molecule has 2 aromatic heterocycles. The van der Waals surface area contributed by atoms with Crippen molar-refractivity contribution in [3.8, 4) is 11.5 Å². The maximum atomic E-state index is 6.68. The second kappa shape index (κ2) is 12.0. The van der Waals surface area contributed by atoms with Gasteiger partial charge < -0.3 is 9.47 Å². The molecular formula is C26H38O2S2. The van der Waals surface area contributed by atoms with E-state index in [-0.39, 0.29) is 12.2 Å². The maximum Gasteiger partial charge on any atom is 0.146 e. The summed E-state index contributed by atoms with van der Waals surface area (Å²) in [6.07, 6.45) is 12.5. The monoisotopic (exact) mass is 446 g/mol. The van der Waals surface area contributed by atoms with E-state index in [9.17, 15) is 0 Å². The van der Waals surface area contributed by atoms with Crippen LogP contribution >= 0.6 is 22.7 Å². The molecule has 0 N–H and O–H groups in total. The minimum Gasteiger partial charge on any atom is -0.488 e. The summed E-state index contributed by atoms with van der Waals surface area (Å²) in [6.45, 7) is 9.01. The van der Waals surface area contributed by atoms with Gasteiger partial charge in [0.2, 0.25) is 0 Å². The summed E-state index contributed by atoms with van der Waals surface area (Å²) < 4.78 is 15.8. The second-order valence-corrected chi connectivity index (χ2v) is 10.1. The van der Waals surface area contributed by atoms with Crippen molar-refractivity contribution in [2.75, 3.05) is 0 Å². The molecule has 2 heterocycles. The van der Waals surface area contributed by atoms with Gasteiger partial charge >= 0.3 is 0 Å². The predicted octanol–water partition coefficient (Wildman–Crippen LogP) is 9.59. The molecule has 0 saturated carbocycles. The number of thiophene rings is 2. The SMILES string of the molecule is CCCCCC(CC)Oc1c2ccsc2c(OC(CC)CCCCC)c2ccsc12. The van der Waals surface area contributed by atoms with Crippen LogP contribution in [0.3, 0.4) is 0 Å². The average Bonchev–Trinajstić information content (AvgIpc) is 3.44. The van der Waals surface area contributed by atoms with Crippen LogP contribution in [0.5, 0.6) is 11.5 Å². The van der Waals surface area contributed by atoms with Crippen molar-refractivity contribution in [2.45, 2.75) is 104 Å². The van der Waals surface area contributed by atoms with Gasteiger partial charge in [-0.05, 0) is 61.4 Å². The Balaban J connectivity index is 1.92. The molecule has 4 heteroatoms. The zero-order valence-corrected chi connectivity index (χ0v) is 20.8. The van der Waals surface area contributed by atoms with Crippen molar-refractivity contribution >= 4 is 42.8 Å². The van der Waals surface area contributed by atoms with E-state index in [0.717, 1.165) is 37.2 Å². The zero-order valence-electron chi connectivity index (χ0n) is 19.2. The summed E-state index contributed by atoms with van der Waals surface area (Å²) in [5.41, 5.74) is 0. The van der Waals surface area contributed by atoms with Crippen LogP contribution in [0.15, 0.2) is 22.9 Å². The molecule has 0 saturated heterocycles. The molecule has 0 spiro atoms. The fraction of sp³-hybridized carbons (Fsp3) is 0.615. The van der Waals surface area contributed by atoms with Crippen molar-refractivity contribution in [3.05, 3.63) is 22.9 Å². The molecule has 2 unspecified atom stereocenters. The fourth-order valence-electron chi connectivity index (χ4n) is 4.08. The van der Waals surface area contributed by atoms with Gasteiger partial charge in [-0.3, -0.25) is 0 Å². The van der Waals surface area contributed by atoms with Crippen molar-refractivity contribution in [3.63, 3.8) is 0 Å². The highest BCUT2D eigenvalue weighted by Crippen LogP contribution is 2.48. The van der Waals surface area contributed by atoms with Crippen molar-refractivity contribution < 1.29 is 9.47 Å². The highest BCUT2D eigenvalue weighted by atomic mass is 32.1. The van der Waals surface area contributed by atoms with Crippen LogP contribution in [-0.4, -0.2) is 12.2 Å². The second-order valence-electron chi connectivity index (χ2n) is 8.27. The quantitative estimate of drug-likeness (QED) is 0.229. The van der Waals surface area contributed by atoms with Gasteiger partial charge in [-0.2, -0.15) is 0 Å². The lowest BCUT2D eigenvalue weighted by Crippen LogP contribution is -2.16. The number of unbranched alkanes of at least 4 members (excludes halogenated alkanes) is 4. The molecule has 0 aliphatic rings. The van der Waals surface area contributed by atoms with Gasteiger partial charge in [0.25, 0.3) is 0 Å². The Hall–Kier alpha value is -1.26. The molecule has 166 valence electrons. The Kier molecular flexibility index (Phi) is 9.32. The fourth-order valence-corrected chi connectivity index (χ4v) is 5.86. The zero-order chi connectivity index (χ0) is 21.3. The molecule has 0 aliphatic heterocycles. The largest absolute Gasteiger partial charge is 0.488 e. The van der Waals surface area contributed by atoms with Crippen molar-refractivity contribution in [1.29, 1.82) is 0 Å². The summed E-state index contributed by atoms with van der Waals surface area (Å²) in [5.74, 6) is 2.15. The predicted molar refractivity (Wildman–Crippen MR) is 135 cm³/mol. The van der Waals surface area contributed by atoms with Crippen LogP contribution < -0.4 is 9.47 Å². The van der Waals surface area contributed by atoms with Crippen LogP contribution in [0.1, 0.15) is 91.9 Å². The van der Waals surface area contributed by atoms with E-state index >= 15 is 0 Å². The molecule has 2 nitrogen and oxygen atoms in total. The molecule has 3 aromatic rings. The van der Waals surface area contributed by atoms with Gasteiger partial charge in [-0.25, -0.2) is 0 Å². The molecule has 3 rings (SSSR count). The van der Waals surface area contributed by atoms with E-state index in [0.29, 0.717) is 0 Å². The number of rotatable bonds is 14. The first kappa shape index (κ1) is 23.4. The number of fused-ring (bicyclic) bond motifs is 2. The molecule has 0 fully saturated rings. The number of benzene rings is 1. The Morgan fingerprint density at radius 1 is 0.667 bits per heavy atom. The molecule has 2 atom stereocenters. The third-order valence-corrected chi connectivity index (χ3v) is 7.80. The first-order valence-corrected chi connectivity index (χ1v) is 13.7. The number of ether oxygens (including phenoxy) is 2. The van der Waals surface area contributed by atoms with E-state index in [2.05, 4.69) is 50.6 Å². The molecule has 30 heavy (non-hydrogen) atoms. The standard InChI is InChI=1S/C26H38O2S2/c1-5-9-11-13-19(7-3)27-23-21-15-17-30-26(21)24(22-16-18-29-25(22)23)28-20(8-4)14-12-10-6-2/h15-20H,5-14H2,1-4H3. The van der Waals surface area contributed by atoms with Gasteiger partial charge in [-0.1, -0.05) is 53.4 Å². The summed E-state index contributed by atoms with van der Waals surface area (Å²) in [6, 6.07) is 4.44. The van der Waals surface area contributed by atoms with Crippen LogP contribution in [-0.2, 0) is 0 Å². The highest BCUT2D eigenvalue weighted by Gasteiger charge is 2.22. The lowest BCUT2D eigenvalue weighted by Gasteiger charge is -2.22. The molecular weight excluding hydrogens is 408 g/mol. The van der Waals surface area contributed by atoms with Crippen LogP contribution in [0.25, 0.3) is 20.2 Å². The first-order valence-electron chi connectivity index (χ1n) is 12.0. The van der Waals surface area contributed by atoms with E-state index in [1.807, 2.05) is 0 Å². The lowest BCUT2D eigenvalue weighted by molar-refractivity contribution is 0.184. The number of hydrogen-bond acceptors (Lipinski definition) is 4. The maximum absolute atomic E-state index is 6.68. The Labute approximate surface area is 190 Å². The molecule has 1 aromatic carbocycles. The average molecular weight is 447 g/mol. The normalized spacial score (nSPS) is 13.7. The summed E-state index contributed by atoms with van der Waals surface area (Å²) >= 11 is 3.57. The third kappa shape index (κ3) is 5.50. The van der Waals surface area contributed by atoms with Gasteiger partial charge in [0.1, 0.15) is 11.5 Å². The van der Waals surface area contributed by atoms with Crippen molar-refractivity contribution in [2.24, 2.45) is 0 Å². The van der Waals surface area contributed by atoms with Gasteiger partial charge in [-0.15, -0.1) is 22.7 Å². The van der Waals surface area contributed by atoms with E-state index in [1.54, 1.807) is 22.7 Å². The molecule has 0 amide bonds. The Morgan fingerprint density at radius 3 is 1.47 bits per heavy atom. The van der Waals surface area contributed by atoms with Crippen molar-refractivity contribution in [1.82, 2.24) is 0 Å². The van der Waals surface area contributed by atoms with Gasteiger partial charge in [0.05, 0.1) is 21.6 Å².